The summed E-state index contributed by atoms with van der Waals surface area (Å²) >= 11 is 0. The van der Waals surface area contributed by atoms with Gasteiger partial charge in [0.25, 0.3) is 0 Å². The van der Waals surface area contributed by atoms with Crippen LogP contribution in [0, 0.1) is 0 Å². The zero-order chi connectivity index (χ0) is 23.4. The highest BCUT2D eigenvalue weighted by atomic mass is 32.2. The lowest BCUT2D eigenvalue weighted by Crippen LogP contribution is -2.36. The van der Waals surface area contributed by atoms with Crippen LogP contribution < -0.4 is 14.8 Å². The lowest BCUT2D eigenvalue weighted by atomic mass is 10.0. The highest BCUT2D eigenvalue weighted by molar-refractivity contribution is 7.89. The molecular weight excluding hydrogens is 440 g/mol. The van der Waals surface area contributed by atoms with E-state index in [-0.39, 0.29) is 23.8 Å². The zero-order valence-corrected chi connectivity index (χ0v) is 19.4. The summed E-state index contributed by atoms with van der Waals surface area (Å²) in [7, 11) is -0.456. The number of ether oxygens (including phenoxy) is 2. The molecule has 8 heteroatoms. The molecule has 3 aromatic rings. The monoisotopic (exact) mass is 466 g/mol. The minimum Gasteiger partial charge on any atom is -0.493 e. The minimum atomic E-state index is -3.57. The highest BCUT2D eigenvalue weighted by Crippen LogP contribution is 2.29. The third-order valence-electron chi connectivity index (χ3n) is 5.66. The molecule has 0 bridgehead atoms. The molecule has 7 nitrogen and oxygen atoms in total. The van der Waals surface area contributed by atoms with Crippen molar-refractivity contribution in [2.45, 2.75) is 24.3 Å². The second kappa shape index (κ2) is 9.64. The van der Waals surface area contributed by atoms with Gasteiger partial charge in [-0.2, -0.15) is 4.31 Å². The average Bonchev–Trinajstić information content (AvgIpc) is 2.84. The molecule has 0 radical (unpaired) electrons. The molecule has 1 heterocycles. The van der Waals surface area contributed by atoms with E-state index in [1.165, 1.54) is 4.31 Å². The van der Waals surface area contributed by atoms with Crippen LogP contribution in [-0.2, 0) is 34.2 Å². The Morgan fingerprint density at radius 3 is 2.42 bits per heavy atom. The maximum absolute atomic E-state index is 13.0. The number of fused-ring (bicyclic) bond motifs is 1. The summed E-state index contributed by atoms with van der Waals surface area (Å²) in [4.78, 5) is 12.9. The van der Waals surface area contributed by atoms with Gasteiger partial charge < -0.3 is 14.8 Å². The number of methoxy groups -OCH3 is 2. The van der Waals surface area contributed by atoms with Crippen molar-refractivity contribution in [1.29, 1.82) is 0 Å². The number of benzene rings is 3. The Hall–Kier alpha value is -3.36. The topological polar surface area (TPSA) is 84.9 Å². The molecule has 1 aliphatic heterocycles. The van der Waals surface area contributed by atoms with Crippen LogP contribution in [0.5, 0.6) is 11.5 Å². The molecule has 4 rings (SSSR count). The zero-order valence-electron chi connectivity index (χ0n) is 18.6. The smallest absolute Gasteiger partial charge is 0.243 e. The Bertz CT molecular complexity index is 1260. The van der Waals surface area contributed by atoms with Crippen molar-refractivity contribution in [3.05, 3.63) is 83.4 Å². The Kier molecular flexibility index (Phi) is 6.67. The number of nitrogens with zero attached hydrogens (tertiary/aromatic N) is 1. The number of hydrogen-bond acceptors (Lipinski definition) is 5. The van der Waals surface area contributed by atoms with Gasteiger partial charge >= 0.3 is 0 Å². The maximum Gasteiger partial charge on any atom is 0.243 e. The first-order valence-electron chi connectivity index (χ1n) is 10.6. The Morgan fingerprint density at radius 2 is 1.70 bits per heavy atom. The van der Waals surface area contributed by atoms with Crippen molar-refractivity contribution in [2.24, 2.45) is 0 Å². The van der Waals surface area contributed by atoms with E-state index < -0.39 is 10.0 Å². The van der Waals surface area contributed by atoms with Gasteiger partial charge in [0, 0.05) is 18.8 Å². The highest BCUT2D eigenvalue weighted by Gasteiger charge is 2.28. The molecule has 0 spiro atoms. The molecule has 1 aliphatic rings. The van der Waals surface area contributed by atoms with Gasteiger partial charge in [-0.15, -0.1) is 0 Å². The molecule has 0 fully saturated rings. The van der Waals surface area contributed by atoms with Crippen LogP contribution in [-0.4, -0.2) is 39.4 Å². The second-order valence-corrected chi connectivity index (χ2v) is 9.74. The van der Waals surface area contributed by atoms with E-state index in [1.807, 2.05) is 24.3 Å². The Morgan fingerprint density at radius 1 is 0.939 bits per heavy atom. The average molecular weight is 467 g/mol. The van der Waals surface area contributed by atoms with Gasteiger partial charge in [0.15, 0.2) is 11.5 Å². The van der Waals surface area contributed by atoms with E-state index in [1.54, 1.807) is 56.7 Å². The first-order chi connectivity index (χ1) is 15.9. The minimum absolute atomic E-state index is 0.173. The van der Waals surface area contributed by atoms with Crippen LogP contribution in [0.25, 0.3) is 0 Å². The van der Waals surface area contributed by atoms with E-state index >= 15 is 0 Å². The number of amides is 1. The third-order valence-corrected chi connectivity index (χ3v) is 7.52. The van der Waals surface area contributed by atoms with Gasteiger partial charge in [0.2, 0.25) is 15.9 Å². The SMILES string of the molecule is COc1ccc(CC(=O)Nc2ccc3c(c2)CN(S(=O)(=O)c2ccccc2)CC3)cc1OC. The van der Waals surface area contributed by atoms with Crippen molar-refractivity contribution in [1.82, 2.24) is 4.31 Å². The number of hydrogen-bond donors (Lipinski definition) is 1. The molecule has 33 heavy (non-hydrogen) atoms. The lowest BCUT2D eigenvalue weighted by Gasteiger charge is -2.28. The van der Waals surface area contributed by atoms with E-state index in [2.05, 4.69) is 5.32 Å². The molecule has 172 valence electrons. The molecule has 0 aliphatic carbocycles. The van der Waals surface area contributed by atoms with Crippen LogP contribution in [0.3, 0.4) is 0 Å². The first kappa shape index (κ1) is 22.8. The van der Waals surface area contributed by atoms with Crippen LogP contribution >= 0.6 is 0 Å². The summed E-state index contributed by atoms with van der Waals surface area (Å²) in [5.41, 5.74) is 3.42. The van der Waals surface area contributed by atoms with Gasteiger partial charge in [0.1, 0.15) is 0 Å². The number of sulfonamides is 1. The predicted octanol–water partition coefficient (Wildman–Crippen LogP) is 3.63. The predicted molar refractivity (Wildman–Crippen MR) is 126 cm³/mol. The summed E-state index contributed by atoms with van der Waals surface area (Å²) in [6.07, 6.45) is 0.799. The second-order valence-electron chi connectivity index (χ2n) is 7.80. The molecule has 0 atom stereocenters. The number of nitrogens with one attached hydrogen (secondary N) is 1. The van der Waals surface area contributed by atoms with Crippen molar-refractivity contribution in [3.63, 3.8) is 0 Å². The van der Waals surface area contributed by atoms with Crippen LogP contribution in [0.15, 0.2) is 71.6 Å². The number of rotatable bonds is 7. The normalized spacial score (nSPS) is 13.8. The quantitative estimate of drug-likeness (QED) is 0.575. The van der Waals surface area contributed by atoms with E-state index in [0.29, 0.717) is 30.2 Å². The molecule has 1 amide bonds. The summed E-state index contributed by atoms with van der Waals surface area (Å²) < 4.78 is 38.0. The van der Waals surface area contributed by atoms with Crippen molar-refractivity contribution < 1.29 is 22.7 Å². The molecule has 0 unspecified atom stereocenters. The molecule has 3 aromatic carbocycles. The fourth-order valence-electron chi connectivity index (χ4n) is 3.94. The third kappa shape index (κ3) is 5.02. The van der Waals surface area contributed by atoms with Crippen LogP contribution in [0.4, 0.5) is 5.69 Å². The largest absolute Gasteiger partial charge is 0.493 e. The fourth-order valence-corrected chi connectivity index (χ4v) is 5.38. The standard InChI is InChI=1S/C25H26N2O5S/c1-31-23-11-8-18(14-24(23)32-2)15-25(28)26-21-10-9-19-12-13-27(17-20(19)16-21)33(29,30)22-6-4-3-5-7-22/h3-11,14,16H,12-13,15,17H2,1-2H3,(H,26,28). The maximum atomic E-state index is 13.0. The summed E-state index contributed by atoms with van der Waals surface area (Å²) in [6, 6.07) is 19.5. The van der Waals surface area contributed by atoms with Gasteiger partial charge in [-0.05, 0) is 59.5 Å². The Balaban J connectivity index is 1.46. The van der Waals surface area contributed by atoms with Gasteiger partial charge in [-0.1, -0.05) is 30.3 Å². The Labute approximate surface area is 194 Å². The van der Waals surface area contributed by atoms with E-state index in [4.69, 9.17) is 9.47 Å². The van der Waals surface area contributed by atoms with E-state index in [9.17, 15) is 13.2 Å². The molecule has 0 aromatic heterocycles. The molecule has 1 N–H and O–H groups in total. The molecule has 0 saturated carbocycles. The number of anilines is 1. The summed E-state index contributed by atoms with van der Waals surface area (Å²) in [6.45, 7) is 0.696. The van der Waals surface area contributed by atoms with Gasteiger partial charge in [-0.25, -0.2) is 8.42 Å². The molecule has 0 saturated heterocycles. The van der Waals surface area contributed by atoms with Crippen molar-refractivity contribution >= 4 is 21.6 Å². The number of carbonyl (C=O) groups excluding carboxylic acids is 1. The summed E-state index contributed by atoms with van der Waals surface area (Å²) in [5, 5.41) is 2.91. The van der Waals surface area contributed by atoms with Crippen molar-refractivity contribution in [3.8, 4) is 11.5 Å². The lowest BCUT2D eigenvalue weighted by molar-refractivity contribution is -0.115. The molecular formula is C25H26N2O5S. The van der Waals surface area contributed by atoms with Gasteiger partial charge in [0.05, 0.1) is 25.5 Å². The summed E-state index contributed by atoms with van der Waals surface area (Å²) in [5.74, 6) is 0.995. The van der Waals surface area contributed by atoms with Crippen molar-refractivity contribution in [2.75, 3.05) is 26.1 Å². The van der Waals surface area contributed by atoms with Gasteiger partial charge in [-0.3, -0.25) is 4.79 Å². The number of carbonyl (C=O) groups is 1. The van der Waals surface area contributed by atoms with E-state index in [0.717, 1.165) is 16.7 Å². The fraction of sp³-hybridized carbons (Fsp3) is 0.240. The van der Waals surface area contributed by atoms with Crippen LogP contribution in [0.2, 0.25) is 0 Å². The first-order valence-corrected chi connectivity index (χ1v) is 12.0. The van der Waals surface area contributed by atoms with Crippen LogP contribution in [0.1, 0.15) is 16.7 Å².